The van der Waals surface area contributed by atoms with E-state index in [1.54, 1.807) is 0 Å². The number of hydrogen-bond acceptors (Lipinski definition) is 2. The molecule has 1 aliphatic heterocycles. The summed E-state index contributed by atoms with van der Waals surface area (Å²) in [6.07, 6.45) is 2.47. The molecule has 0 spiro atoms. The molecule has 3 heteroatoms. The second-order valence-electron chi connectivity index (χ2n) is 5.69. The minimum absolute atomic E-state index is 0.252. The summed E-state index contributed by atoms with van der Waals surface area (Å²) in [6.45, 7) is 2.59. The molecule has 114 valence electrons. The fraction of sp³-hybridized carbons (Fsp3) is 0.316. The lowest BCUT2D eigenvalue weighted by molar-refractivity contribution is -0.118. The van der Waals surface area contributed by atoms with E-state index in [0.717, 1.165) is 38.2 Å². The number of anilines is 1. The van der Waals surface area contributed by atoms with Crippen LogP contribution in [0.5, 0.6) is 0 Å². The first kappa shape index (κ1) is 14.8. The van der Waals surface area contributed by atoms with Gasteiger partial charge in [0.25, 0.3) is 0 Å². The molecule has 3 rings (SSSR count). The van der Waals surface area contributed by atoms with Crippen LogP contribution in [0.4, 0.5) is 5.69 Å². The van der Waals surface area contributed by atoms with Gasteiger partial charge in [0.15, 0.2) is 0 Å². The normalized spacial score (nSPS) is 14.0. The summed E-state index contributed by atoms with van der Waals surface area (Å²) in [5, 5.41) is 3.44. The summed E-state index contributed by atoms with van der Waals surface area (Å²) in [5.74, 6) is 0.252. The molecule has 1 heterocycles. The van der Waals surface area contributed by atoms with Crippen molar-refractivity contribution < 1.29 is 4.79 Å². The van der Waals surface area contributed by atoms with E-state index in [4.69, 9.17) is 0 Å². The highest BCUT2D eigenvalue weighted by Gasteiger charge is 2.22. The van der Waals surface area contributed by atoms with E-state index in [0.29, 0.717) is 6.42 Å². The molecular weight excluding hydrogens is 272 g/mol. The Labute approximate surface area is 132 Å². The molecule has 0 bridgehead atoms. The molecule has 0 atom stereocenters. The summed E-state index contributed by atoms with van der Waals surface area (Å²) in [7, 11) is 0. The fourth-order valence-electron chi connectivity index (χ4n) is 2.93. The smallest absolute Gasteiger partial charge is 0.227 e. The van der Waals surface area contributed by atoms with Gasteiger partial charge in [-0.3, -0.25) is 4.79 Å². The summed E-state index contributed by atoms with van der Waals surface area (Å²) in [5.41, 5.74) is 3.68. The Hall–Kier alpha value is -2.13. The molecule has 0 unspecified atom stereocenters. The van der Waals surface area contributed by atoms with Gasteiger partial charge in [-0.15, -0.1) is 0 Å². The third-order valence-corrected chi connectivity index (χ3v) is 4.10. The average Bonchev–Trinajstić information content (AvgIpc) is 2.57. The minimum Gasteiger partial charge on any atom is -0.313 e. The number of amides is 1. The van der Waals surface area contributed by atoms with Gasteiger partial charge in [-0.25, -0.2) is 0 Å². The standard InChI is InChI=1S/C19H22N2O/c22-19-12-11-17-9-4-5-10-18(17)21(19)14-6-13-20-15-16-7-2-1-3-8-16/h1-5,7-10,20H,6,11-15H2. The molecule has 22 heavy (non-hydrogen) atoms. The zero-order chi connectivity index (χ0) is 15.2. The largest absolute Gasteiger partial charge is 0.313 e. The maximum atomic E-state index is 12.1. The zero-order valence-corrected chi connectivity index (χ0v) is 12.8. The predicted molar refractivity (Wildman–Crippen MR) is 89.9 cm³/mol. The lowest BCUT2D eigenvalue weighted by Crippen LogP contribution is -2.36. The maximum Gasteiger partial charge on any atom is 0.227 e. The van der Waals surface area contributed by atoms with Crippen molar-refractivity contribution in [1.29, 1.82) is 0 Å². The van der Waals surface area contributed by atoms with Gasteiger partial charge in [0.1, 0.15) is 0 Å². The third kappa shape index (κ3) is 3.55. The van der Waals surface area contributed by atoms with E-state index in [1.165, 1.54) is 11.1 Å². The molecule has 0 aromatic heterocycles. The summed E-state index contributed by atoms with van der Waals surface area (Å²) in [6, 6.07) is 18.6. The third-order valence-electron chi connectivity index (χ3n) is 4.10. The molecule has 0 saturated heterocycles. The molecule has 3 nitrogen and oxygen atoms in total. The molecule has 1 aliphatic rings. The minimum atomic E-state index is 0.252. The van der Waals surface area contributed by atoms with Gasteiger partial charge in [0.05, 0.1) is 0 Å². The van der Waals surface area contributed by atoms with E-state index in [9.17, 15) is 4.79 Å². The molecule has 2 aromatic rings. The Morgan fingerprint density at radius 3 is 2.59 bits per heavy atom. The topological polar surface area (TPSA) is 32.3 Å². The van der Waals surface area contributed by atoms with Crippen molar-refractivity contribution in [3.63, 3.8) is 0 Å². The van der Waals surface area contributed by atoms with Crippen LogP contribution in [0, 0.1) is 0 Å². The van der Waals surface area contributed by atoms with Crippen molar-refractivity contribution in [1.82, 2.24) is 5.32 Å². The number of nitrogens with one attached hydrogen (secondary N) is 1. The molecular formula is C19H22N2O. The van der Waals surface area contributed by atoms with E-state index < -0.39 is 0 Å². The van der Waals surface area contributed by atoms with Crippen LogP contribution < -0.4 is 10.2 Å². The van der Waals surface area contributed by atoms with Crippen LogP contribution >= 0.6 is 0 Å². The molecule has 0 aliphatic carbocycles. The molecule has 0 radical (unpaired) electrons. The average molecular weight is 294 g/mol. The van der Waals surface area contributed by atoms with Crippen LogP contribution in [-0.2, 0) is 17.8 Å². The van der Waals surface area contributed by atoms with Gasteiger partial charge in [-0.2, -0.15) is 0 Å². The number of carbonyl (C=O) groups is 1. The first-order valence-electron chi connectivity index (χ1n) is 7.97. The highest BCUT2D eigenvalue weighted by Crippen LogP contribution is 2.27. The Kier molecular flexibility index (Phi) is 4.86. The van der Waals surface area contributed by atoms with Gasteiger partial charge in [0.2, 0.25) is 5.91 Å². The van der Waals surface area contributed by atoms with Crippen LogP contribution in [0.1, 0.15) is 24.0 Å². The molecule has 2 aromatic carbocycles. The van der Waals surface area contributed by atoms with E-state index in [2.05, 4.69) is 41.7 Å². The Balaban J connectivity index is 1.48. The number of aryl methyl sites for hydroxylation is 1. The lowest BCUT2D eigenvalue weighted by Gasteiger charge is -2.29. The highest BCUT2D eigenvalue weighted by molar-refractivity contribution is 5.96. The van der Waals surface area contributed by atoms with Gasteiger partial charge < -0.3 is 10.2 Å². The van der Waals surface area contributed by atoms with Gasteiger partial charge in [-0.05, 0) is 36.6 Å². The Bertz CT molecular complexity index is 624. The van der Waals surface area contributed by atoms with Crippen molar-refractivity contribution in [2.24, 2.45) is 0 Å². The number of carbonyl (C=O) groups excluding carboxylic acids is 1. The summed E-state index contributed by atoms with van der Waals surface area (Å²) in [4.78, 5) is 14.1. The van der Waals surface area contributed by atoms with E-state index >= 15 is 0 Å². The van der Waals surface area contributed by atoms with Crippen molar-refractivity contribution in [3.8, 4) is 0 Å². The van der Waals surface area contributed by atoms with Crippen LogP contribution in [0.15, 0.2) is 54.6 Å². The van der Waals surface area contributed by atoms with Crippen LogP contribution in [0.2, 0.25) is 0 Å². The first-order valence-corrected chi connectivity index (χ1v) is 7.97. The van der Waals surface area contributed by atoms with Crippen LogP contribution in [0.3, 0.4) is 0 Å². The van der Waals surface area contributed by atoms with Crippen molar-refractivity contribution in [2.45, 2.75) is 25.8 Å². The number of hydrogen-bond donors (Lipinski definition) is 1. The summed E-state index contributed by atoms with van der Waals surface area (Å²) >= 11 is 0. The monoisotopic (exact) mass is 294 g/mol. The van der Waals surface area contributed by atoms with Gasteiger partial charge in [0, 0.05) is 25.2 Å². The second kappa shape index (κ2) is 7.23. The molecule has 1 amide bonds. The van der Waals surface area contributed by atoms with E-state index in [-0.39, 0.29) is 5.91 Å². The zero-order valence-electron chi connectivity index (χ0n) is 12.8. The molecule has 0 saturated carbocycles. The Morgan fingerprint density at radius 2 is 1.73 bits per heavy atom. The van der Waals surface area contributed by atoms with Gasteiger partial charge >= 0.3 is 0 Å². The SMILES string of the molecule is O=C1CCc2ccccc2N1CCCNCc1ccccc1. The highest BCUT2D eigenvalue weighted by atomic mass is 16.2. The lowest BCUT2D eigenvalue weighted by atomic mass is 10.0. The molecule has 1 N–H and O–H groups in total. The predicted octanol–water partition coefficient (Wildman–Crippen LogP) is 3.15. The van der Waals surface area contributed by atoms with Crippen LogP contribution in [0.25, 0.3) is 0 Å². The quantitative estimate of drug-likeness (QED) is 0.830. The van der Waals surface area contributed by atoms with Crippen LogP contribution in [-0.4, -0.2) is 19.0 Å². The molecule has 0 fully saturated rings. The second-order valence-corrected chi connectivity index (χ2v) is 5.69. The van der Waals surface area contributed by atoms with Crippen molar-refractivity contribution in [3.05, 3.63) is 65.7 Å². The number of benzene rings is 2. The number of para-hydroxylation sites is 1. The van der Waals surface area contributed by atoms with Crippen molar-refractivity contribution >= 4 is 11.6 Å². The first-order chi connectivity index (χ1) is 10.8. The number of fused-ring (bicyclic) bond motifs is 1. The summed E-state index contributed by atoms with van der Waals surface area (Å²) < 4.78 is 0. The fourth-order valence-corrected chi connectivity index (χ4v) is 2.93. The van der Waals surface area contributed by atoms with Gasteiger partial charge in [-0.1, -0.05) is 48.5 Å². The maximum absolute atomic E-state index is 12.1. The number of rotatable bonds is 6. The van der Waals surface area contributed by atoms with Crippen molar-refractivity contribution in [2.75, 3.05) is 18.0 Å². The number of nitrogens with zero attached hydrogens (tertiary/aromatic N) is 1. The Morgan fingerprint density at radius 1 is 0.955 bits per heavy atom. The van der Waals surface area contributed by atoms with E-state index in [1.807, 2.05) is 23.1 Å².